The number of carbonyl (C=O) groups excluding carboxylic acids is 2. The standard InChI is InChI=1S/C12H13NO8/c1-3-19-10(14)7-20-21-11-8(12(15)18-2)5-4-6-9(11)13(16)17/h4-6H,3,7H2,1-2H3. The van der Waals surface area contributed by atoms with Crippen LogP contribution in [0.4, 0.5) is 5.69 Å². The Balaban J connectivity index is 2.94. The van der Waals surface area contributed by atoms with E-state index in [4.69, 9.17) is 4.89 Å². The molecule has 0 N–H and O–H groups in total. The monoisotopic (exact) mass is 299 g/mol. The van der Waals surface area contributed by atoms with Crippen LogP contribution in [0.15, 0.2) is 18.2 Å². The Morgan fingerprint density at radius 3 is 2.62 bits per heavy atom. The molecule has 0 unspecified atom stereocenters. The van der Waals surface area contributed by atoms with Crippen LogP contribution in [0.25, 0.3) is 0 Å². The van der Waals surface area contributed by atoms with Crippen molar-refractivity contribution in [3.63, 3.8) is 0 Å². The number of nitro benzene ring substituents is 1. The molecule has 0 aromatic heterocycles. The number of rotatable bonds is 7. The predicted molar refractivity (Wildman–Crippen MR) is 67.6 cm³/mol. The summed E-state index contributed by atoms with van der Waals surface area (Å²) < 4.78 is 9.08. The summed E-state index contributed by atoms with van der Waals surface area (Å²) in [5, 5.41) is 10.9. The molecule has 114 valence electrons. The van der Waals surface area contributed by atoms with E-state index in [1.54, 1.807) is 6.92 Å². The van der Waals surface area contributed by atoms with Gasteiger partial charge in [0, 0.05) is 6.07 Å². The molecule has 0 spiro atoms. The molecule has 0 aliphatic rings. The Morgan fingerprint density at radius 1 is 1.33 bits per heavy atom. The summed E-state index contributed by atoms with van der Waals surface area (Å²) in [6.45, 7) is 1.18. The van der Waals surface area contributed by atoms with Crippen molar-refractivity contribution in [2.75, 3.05) is 20.3 Å². The van der Waals surface area contributed by atoms with E-state index in [1.807, 2.05) is 0 Å². The number of methoxy groups -OCH3 is 1. The van der Waals surface area contributed by atoms with Crippen molar-refractivity contribution in [2.45, 2.75) is 6.92 Å². The molecular formula is C12H13NO8. The number of ether oxygens (including phenoxy) is 2. The molecule has 0 aliphatic carbocycles. The second-order valence-electron chi connectivity index (χ2n) is 3.55. The largest absolute Gasteiger partial charge is 0.465 e. The molecule has 9 heteroatoms. The lowest BCUT2D eigenvalue weighted by molar-refractivity contribution is -0.388. The maximum absolute atomic E-state index is 11.5. The molecule has 9 nitrogen and oxygen atoms in total. The van der Waals surface area contributed by atoms with Crippen LogP contribution in [0.3, 0.4) is 0 Å². The molecule has 1 rings (SSSR count). The second-order valence-corrected chi connectivity index (χ2v) is 3.55. The van der Waals surface area contributed by atoms with E-state index >= 15 is 0 Å². The molecule has 0 fully saturated rings. The molecular weight excluding hydrogens is 286 g/mol. The summed E-state index contributed by atoms with van der Waals surface area (Å²) in [6, 6.07) is 3.68. The minimum absolute atomic E-state index is 0.154. The van der Waals surface area contributed by atoms with Gasteiger partial charge >= 0.3 is 17.6 Å². The molecule has 0 saturated heterocycles. The van der Waals surface area contributed by atoms with Crippen molar-refractivity contribution in [1.82, 2.24) is 0 Å². The SMILES string of the molecule is CCOC(=O)COOc1c(C(=O)OC)cccc1[N+](=O)[O-]. The lowest BCUT2D eigenvalue weighted by Crippen LogP contribution is -2.15. The van der Waals surface area contributed by atoms with Crippen LogP contribution >= 0.6 is 0 Å². The van der Waals surface area contributed by atoms with Crippen molar-refractivity contribution in [3.05, 3.63) is 33.9 Å². The van der Waals surface area contributed by atoms with Gasteiger partial charge in [-0.15, -0.1) is 0 Å². The van der Waals surface area contributed by atoms with Gasteiger partial charge in [-0.2, -0.15) is 4.89 Å². The average Bonchev–Trinajstić information content (AvgIpc) is 2.46. The van der Waals surface area contributed by atoms with Gasteiger partial charge in [0.15, 0.2) is 6.61 Å². The Kier molecular flexibility index (Phi) is 6.08. The fourth-order valence-corrected chi connectivity index (χ4v) is 1.37. The van der Waals surface area contributed by atoms with Crippen LogP contribution < -0.4 is 4.89 Å². The molecule has 0 saturated carbocycles. The molecule has 1 aromatic carbocycles. The van der Waals surface area contributed by atoms with Crippen molar-refractivity contribution in [1.29, 1.82) is 0 Å². The number of nitro groups is 1. The number of esters is 2. The van der Waals surface area contributed by atoms with Crippen LogP contribution in [0.5, 0.6) is 5.75 Å². The quantitative estimate of drug-likeness (QED) is 0.320. The van der Waals surface area contributed by atoms with E-state index in [2.05, 4.69) is 14.4 Å². The third kappa shape index (κ3) is 4.42. The first-order valence-corrected chi connectivity index (χ1v) is 5.82. The van der Waals surface area contributed by atoms with Crippen LogP contribution in [-0.4, -0.2) is 37.2 Å². The molecule has 0 heterocycles. The maximum atomic E-state index is 11.5. The van der Waals surface area contributed by atoms with Crippen molar-refractivity contribution < 1.29 is 33.8 Å². The minimum atomic E-state index is -0.839. The number of hydrogen-bond donors (Lipinski definition) is 0. The number of nitrogens with zero attached hydrogens (tertiary/aromatic N) is 1. The Labute approximate surface area is 119 Å². The Morgan fingerprint density at radius 2 is 2.05 bits per heavy atom. The number of carbonyl (C=O) groups is 2. The fraction of sp³-hybridized carbons (Fsp3) is 0.333. The lowest BCUT2D eigenvalue weighted by atomic mass is 10.2. The van der Waals surface area contributed by atoms with E-state index in [0.717, 1.165) is 13.2 Å². The smallest absolute Gasteiger partial charge is 0.342 e. The van der Waals surface area contributed by atoms with Crippen LogP contribution in [0.2, 0.25) is 0 Å². The van der Waals surface area contributed by atoms with E-state index < -0.39 is 34.9 Å². The van der Waals surface area contributed by atoms with Gasteiger partial charge < -0.3 is 14.4 Å². The average molecular weight is 299 g/mol. The first-order chi connectivity index (χ1) is 10.0. The Bertz CT molecular complexity index is 542. The summed E-state index contributed by atoms with van der Waals surface area (Å²) in [5.74, 6) is -2.00. The summed E-state index contributed by atoms with van der Waals surface area (Å²) in [4.78, 5) is 42.1. The highest BCUT2D eigenvalue weighted by atomic mass is 17.2. The molecule has 0 bridgehead atoms. The van der Waals surface area contributed by atoms with Gasteiger partial charge in [-0.1, -0.05) is 6.07 Å². The molecule has 21 heavy (non-hydrogen) atoms. The van der Waals surface area contributed by atoms with Crippen molar-refractivity contribution in [3.8, 4) is 5.75 Å². The zero-order valence-corrected chi connectivity index (χ0v) is 11.4. The molecule has 1 aromatic rings. The molecule has 0 aliphatic heterocycles. The fourth-order valence-electron chi connectivity index (χ4n) is 1.37. The van der Waals surface area contributed by atoms with E-state index in [9.17, 15) is 19.7 Å². The maximum Gasteiger partial charge on any atom is 0.342 e. The van der Waals surface area contributed by atoms with Crippen molar-refractivity contribution in [2.24, 2.45) is 0 Å². The molecule has 0 amide bonds. The van der Waals surface area contributed by atoms with E-state index in [-0.39, 0.29) is 12.2 Å². The van der Waals surface area contributed by atoms with Gasteiger partial charge in [0.2, 0.25) is 0 Å². The van der Waals surface area contributed by atoms with Crippen LogP contribution in [0, 0.1) is 10.1 Å². The molecule has 0 radical (unpaired) electrons. The topological polar surface area (TPSA) is 114 Å². The summed E-state index contributed by atoms with van der Waals surface area (Å²) in [5.41, 5.74) is -0.697. The predicted octanol–water partition coefficient (Wildman–Crippen LogP) is 1.25. The van der Waals surface area contributed by atoms with Gasteiger partial charge in [-0.25, -0.2) is 9.59 Å². The van der Waals surface area contributed by atoms with E-state index in [0.29, 0.717) is 0 Å². The zero-order chi connectivity index (χ0) is 15.8. The van der Waals surface area contributed by atoms with Gasteiger partial charge in [0.25, 0.3) is 5.75 Å². The highest BCUT2D eigenvalue weighted by Gasteiger charge is 2.25. The zero-order valence-electron chi connectivity index (χ0n) is 11.4. The second kappa shape index (κ2) is 7.80. The number of para-hydroxylation sites is 1. The first kappa shape index (κ1) is 16.4. The van der Waals surface area contributed by atoms with Crippen LogP contribution in [0.1, 0.15) is 17.3 Å². The van der Waals surface area contributed by atoms with Gasteiger partial charge in [0.05, 0.1) is 18.6 Å². The Hall–Kier alpha value is -2.68. The normalized spacial score (nSPS) is 9.81. The highest BCUT2D eigenvalue weighted by Crippen LogP contribution is 2.31. The number of hydrogen-bond acceptors (Lipinski definition) is 8. The van der Waals surface area contributed by atoms with Crippen LogP contribution in [-0.2, 0) is 19.2 Å². The highest BCUT2D eigenvalue weighted by molar-refractivity contribution is 5.94. The van der Waals surface area contributed by atoms with Gasteiger partial charge in [-0.3, -0.25) is 10.1 Å². The third-order valence-corrected chi connectivity index (χ3v) is 2.22. The lowest BCUT2D eigenvalue weighted by Gasteiger charge is -2.08. The number of benzene rings is 1. The third-order valence-electron chi connectivity index (χ3n) is 2.22. The summed E-state index contributed by atoms with van der Waals surface area (Å²) in [7, 11) is 1.12. The van der Waals surface area contributed by atoms with Gasteiger partial charge in [-0.05, 0) is 13.0 Å². The summed E-state index contributed by atoms with van der Waals surface area (Å²) >= 11 is 0. The summed E-state index contributed by atoms with van der Waals surface area (Å²) in [6.07, 6.45) is 0. The first-order valence-electron chi connectivity index (χ1n) is 5.82. The molecule has 0 atom stereocenters. The van der Waals surface area contributed by atoms with Gasteiger partial charge in [0.1, 0.15) is 5.56 Å². The van der Waals surface area contributed by atoms with Crippen molar-refractivity contribution >= 4 is 17.6 Å². The van der Waals surface area contributed by atoms with E-state index in [1.165, 1.54) is 12.1 Å². The minimum Gasteiger partial charge on any atom is -0.465 e.